The van der Waals surface area contributed by atoms with E-state index in [1.807, 2.05) is 18.2 Å². The lowest BCUT2D eigenvalue weighted by Crippen LogP contribution is -2.30. The van der Waals surface area contributed by atoms with E-state index in [1.165, 1.54) is 0 Å². The molecule has 2 aliphatic heterocycles. The molecule has 3 N–H and O–H groups in total. The van der Waals surface area contributed by atoms with Crippen LogP contribution in [0.1, 0.15) is 5.56 Å². The van der Waals surface area contributed by atoms with Gasteiger partial charge in [-0.25, -0.2) is 0 Å². The summed E-state index contributed by atoms with van der Waals surface area (Å²) in [4.78, 5) is 0. The number of hydrogen-bond donors (Lipinski definition) is 3. The summed E-state index contributed by atoms with van der Waals surface area (Å²) in [6.45, 7) is 4.33. The third-order valence-corrected chi connectivity index (χ3v) is 3.67. The van der Waals surface area contributed by atoms with Crippen molar-refractivity contribution >= 4 is 12.4 Å². The summed E-state index contributed by atoms with van der Waals surface area (Å²) < 4.78 is 11.2. The van der Waals surface area contributed by atoms with E-state index < -0.39 is 0 Å². The highest BCUT2D eigenvalue weighted by Crippen LogP contribution is 2.33. The van der Waals surface area contributed by atoms with E-state index >= 15 is 0 Å². The summed E-state index contributed by atoms with van der Waals surface area (Å²) >= 11 is 0. The van der Waals surface area contributed by atoms with Crippen LogP contribution in [0, 0.1) is 5.92 Å². The maximum absolute atomic E-state index is 9.73. The van der Waals surface area contributed by atoms with Gasteiger partial charge >= 0.3 is 0 Å². The normalized spacial score (nSPS) is 24.2. The molecule has 0 aromatic heterocycles. The zero-order chi connectivity index (χ0) is 13.1. The van der Waals surface area contributed by atoms with Gasteiger partial charge in [0.05, 0.1) is 6.10 Å². The van der Waals surface area contributed by atoms with Crippen molar-refractivity contribution in [2.24, 2.45) is 5.92 Å². The van der Waals surface area contributed by atoms with Gasteiger partial charge in [-0.2, -0.15) is 0 Å². The topological polar surface area (TPSA) is 62.8 Å². The zero-order valence-electron chi connectivity index (χ0n) is 11.3. The summed E-state index contributed by atoms with van der Waals surface area (Å²) in [6, 6.07) is 5.96. The van der Waals surface area contributed by atoms with Gasteiger partial charge in [0, 0.05) is 37.7 Å². The van der Waals surface area contributed by atoms with E-state index in [-0.39, 0.29) is 24.4 Å². The quantitative estimate of drug-likeness (QED) is 0.758. The van der Waals surface area contributed by atoms with Crippen LogP contribution < -0.4 is 20.1 Å². The van der Waals surface area contributed by atoms with Crippen molar-refractivity contribution in [2.45, 2.75) is 12.6 Å². The van der Waals surface area contributed by atoms with Gasteiger partial charge in [-0.1, -0.05) is 12.1 Å². The first kappa shape index (κ1) is 15.4. The Kier molecular flexibility index (Phi) is 5.48. The van der Waals surface area contributed by atoms with Crippen LogP contribution in [0.3, 0.4) is 0 Å². The van der Waals surface area contributed by atoms with Gasteiger partial charge in [-0.05, 0) is 6.07 Å². The molecule has 2 aliphatic rings. The maximum Gasteiger partial charge on any atom is 0.165 e. The Bertz CT molecular complexity index is 444. The number of ether oxygens (including phenoxy) is 2. The largest absolute Gasteiger partial charge is 0.486 e. The number of fused-ring (bicyclic) bond motifs is 1. The van der Waals surface area contributed by atoms with E-state index in [1.54, 1.807) is 0 Å². The van der Waals surface area contributed by atoms with Crippen LogP contribution in [0.4, 0.5) is 0 Å². The molecule has 0 radical (unpaired) electrons. The van der Waals surface area contributed by atoms with Gasteiger partial charge in [0.25, 0.3) is 0 Å². The second-order valence-electron chi connectivity index (χ2n) is 5.06. The molecule has 2 unspecified atom stereocenters. The van der Waals surface area contributed by atoms with Crippen molar-refractivity contribution in [3.8, 4) is 11.5 Å². The molecule has 3 rings (SSSR count). The lowest BCUT2D eigenvalue weighted by atomic mass is 10.1. The predicted octanol–water partition coefficient (Wildman–Crippen LogP) is 0.549. The van der Waals surface area contributed by atoms with Crippen molar-refractivity contribution in [1.82, 2.24) is 10.6 Å². The van der Waals surface area contributed by atoms with Crippen LogP contribution in [0.25, 0.3) is 0 Å². The lowest BCUT2D eigenvalue weighted by molar-refractivity contribution is 0.146. The molecule has 1 saturated heterocycles. The second-order valence-corrected chi connectivity index (χ2v) is 5.06. The van der Waals surface area contributed by atoms with Crippen LogP contribution in [0.15, 0.2) is 18.2 Å². The molecule has 1 fully saturated rings. The number of β-amino-alcohol motifs (C(OH)–C–C–N with tert-alkyl or cyclic N) is 1. The molecule has 6 heteroatoms. The fourth-order valence-electron chi connectivity index (χ4n) is 2.59. The molecule has 0 amide bonds. The average molecular weight is 301 g/mol. The highest BCUT2D eigenvalue weighted by molar-refractivity contribution is 5.85. The molecule has 112 valence electrons. The van der Waals surface area contributed by atoms with E-state index in [4.69, 9.17) is 9.47 Å². The zero-order valence-corrected chi connectivity index (χ0v) is 12.1. The Morgan fingerprint density at radius 2 is 2.10 bits per heavy atom. The maximum atomic E-state index is 9.73. The van der Waals surface area contributed by atoms with Gasteiger partial charge in [0.2, 0.25) is 0 Å². The predicted molar refractivity (Wildman–Crippen MR) is 78.8 cm³/mol. The standard InChI is InChI=1S/C14H20N2O3.ClH/c17-12-9-16-8-11(12)7-15-6-10-2-1-3-13-14(10)19-5-4-18-13;/h1-3,11-12,15-17H,4-9H2;1H. The number of nitrogens with one attached hydrogen (secondary N) is 2. The van der Waals surface area contributed by atoms with Crippen molar-refractivity contribution in [2.75, 3.05) is 32.8 Å². The van der Waals surface area contributed by atoms with Gasteiger partial charge in [-0.3, -0.25) is 0 Å². The van der Waals surface area contributed by atoms with E-state index in [9.17, 15) is 5.11 Å². The highest BCUT2D eigenvalue weighted by atomic mass is 35.5. The second kappa shape index (κ2) is 7.13. The van der Waals surface area contributed by atoms with Gasteiger partial charge in [-0.15, -0.1) is 12.4 Å². The highest BCUT2D eigenvalue weighted by Gasteiger charge is 2.24. The molecule has 0 bridgehead atoms. The number of rotatable bonds is 4. The minimum Gasteiger partial charge on any atom is -0.486 e. The molecule has 20 heavy (non-hydrogen) atoms. The summed E-state index contributed by atoms with van der Waals surface area (Å²) in [6.07, 6.45) is -0.239. The minimum atomic E-state index is -0.239. The van der Waals surface area contributed by atoms with Crippen LogP contribution >= 0.6 is 12.4 Å². The summed E-state index contributed by atoms with van der Waals surface area (Å²) in [5.74, 6) is 1.97. The van der Waals surface area contributed by atoms with E-state index in [2.05, 4.69) is 10.6 Å². The van der Waals surface area contributed by atoms with Crippen molar-refractivity contribution in [3.05, 3.63) is 23.8 Å². The third-order valence-electron chi connectivity index (χ3n) is 3.67. The Hall–Kier alpha value is -1.01. The van der Waals surface area contributed by atoms with Crippen LogP contribution in [0.2, 0.25) is 0 Å². The monoisotopic (exact) mass is 300 g/mol. The SMILES string of the molecule is Cl.OC1CNCC1CNCc1cccc2c1OCCO2. The van der Waals surface area contributed by atoms with Crippen molar-refractivity contribution < 1.29 is 14.6 Å². The first-order valence-electron chi connectivity index (χ1n) is 6.81. The minimum absolute atomic E-state index is 0. The molecule has 5 nitrogen and oxygen atoms in total. The average Bonchev–Trinajstić information content (AvgIpc) is 2.85. The summed E-state index contributed by atoms with van der Waals surface area (Å²) in [5, 5.41) is 16.3. The molecular weight excluding hydrogens is 280 g/mol. The summed E-state index contributed by atoms with van der Waals surface area (Å²) in [5.41, 5.74) is 1.11. The molecule has 0 spiro atoms. The fraction of sp³-hybridized carbons (Fsp3) is 0.571. The van der Waals surface area contributed by atoms with Crippen LogP contribution in [-0.2, 0) is 6.54 Å². The van der Waals surface area contributed by atoms with Gasteiger partial charge < -0.3 is 25.2 Å². The summed E-state index contributed by atoms with van der Waals surface area (Å²) in [7, 11) is 0. The number of benzene rings is 1. The number of hydrogen-bond acceptors (Lipinski definition) is 5. The van der Waals surface area contributed by atoms with Crippen molar-refractivity contribution in [1.29, 1.82) is 0 Å². The molecule has 2 atom stereocenters. The lowest BCUT2D eigenvalue weighted by Gasteiger charge is -2.21. The molecule has 2 heterocycles. The molecule has 0 saturated carbocycles. The van der Waals surface area contributed by atoms with Crippen molar-refractivity contribution in [3.63, 3.8) is 0 Å². The number of halogens is 1. The van der Waals surface area contributed by atoms with Crippen LogP contribution in [0.5, 0.6) is 11.5 Å². The molecule has 0 aliphatic carbocycles. The smallest absolute Gasteiger partial charge is 0.165 e. The molecule has 1 aromatic carbocycles. The van der Waals surface area contributed by atoms with Gasteiger partial charge in [0.1, 0.15) is 13.2 Å². The Labute approximate surface area is 125 Å². The van der Waals surface area contributed by atoms with E-state index in [0.717, 1.165) is 36.7 Å². The third kappa shape index (κ3) is 3.35. The van der Waals surface area contributed by atoms with Crippen LogP contribution in [-0.4, -0.2) is 44.1 Å². The fourth-order valence-corrected chi connectivity index (χ4v) is 2.59. The molecule has 1 aromatic rings. The number of aliphatic hydroxyl groups excluding tert-OH is 1. The first-order chi connectivity index (χ1) is 9.34. The van der Waals surface area contributed by atoms with E-state index in [0.29, 0.717) is 19.8 Å². The Balaban J connectivity index is 0.00000147. The number of para-hydroxylation sites is 1. The van der Waals surface area contributed by atoms with Gasteiger partial charge in [0.15, 0.2) is 11.5 Å². The first-order valence-corrected chi connectivity index (χ1v) is 6.81. The number of aliphatic hydroxyl groups is 1. The Morgan fingerprint density at radius 1 is 1.25 bits per heavy atom. The Morgan fingerprint density at radius 3 is 2.90 bits per heavy atom. The molecular formula is C14H21ClN2O3.